The fraction of sp³-hybridized carbons (Fsp3) is 0.353. The summed E-state index contributed by atoms with van der Waals surface area (Å²) < 4.78 is 1.90. The summed E-state index contributed by atoms with van der Waals surface area (Å²) in [5.41, 5.74) is 8.18. The molecule has 2 aliphatic heterocycles. The van der Waals surface area contributed by atoms with E-state index in [1.807, 2.05) is 4.57 Å². The number of nitrogens with one attached hydrogen (secondary N) is 1. The molecule has 2 bridgehead atoms. The third-order valence-electron chi connectivity index (χ3n) is 4.80. The van der Waals surface area contributed by atoms with Gasteiger partial charge in [-0.3, -0.25) is 14.6 Å². The van der Waals surface area contributed by atoms with Crippen LogP contribution in [0, 0.1) is 5.92 Å². The Morgan fingerprint density at radius 1 is 1.30 bits per heavy atom. The first-order valence-corrected chi connectivity index (χ1v) is 7.83. The summed E-state index contributed by atoms with van der Waals surface area (Å²) in [6.45, 7) is 2.68. The second-order valence-corrected chi connectivity index (χ2v) is 6.37. The van der Waals surface area contributed by atoms with E-state index in [1.54, 1.807) is 18.2 Å². The minimum atomic E-state index is -0.506. The highest BCUT2D eigenvalue weighted by atomic mass is 16.1. The molecule has 6 nitrogen and oxygen atoms in total. The maximum atomic E-state index is 12.5. The summed E-state index contributed by atoms with van der Waals surface area (Å²) >= 11 is 0. The van der Waals surface area contributed by atoms with Crippen LogP contribution >= 0.6 is 0 Å². The molecule has 23 heavy (non-hydrogen) atoms. The minimum absolute atomic E-state index is 0.0230. The Morgan fingerprint density at radius 2 is 2.17 bits per heavy atom. The van der Waals surface area contributed by atoms with Crippen molar-refractivity contribution in [2.45, 2.75) is 18.9 Å². The van der Waals surface area contributed by atoms with Crippen LogP contribution in [0.4, 0.5) is 0 Å². The fourth-order valence-corrected chi connectivity index (χ4v) is 3.66. The Morgan fingerprint density at radius 3 is 2.91 bits per heavy atom. The standard InChI is InChI=1S/C17H18N4O2/c18-17(23)11-1-2-14(20-8-11)12-4-15-13-3-10(6-19-7-13)9-21(15)16(22)5-12/h1-2,4-5,8,10,13,19H,3,6-7,9H2,(H2,18,23)/t10-,13+/m0/s1. The molecule has 1 fully saturated rings. The zero-order valence-electron chi connectivity index (χ0n) is 12.7. The van der Waals surface area contributed by atoms with E-state index >= 15 is 0 Å². The van der Waals surface area contributed by atoms with Crippen LogP contribution in [-0.2, 0) is 6.54 Å². The number of rotatable bonds is 2. The van der Waals surface area contributed by atoms with Gasteiger partial charge < -0.3 is 15.6 Å². The number of nitrogens with zero attached hydrogens (tertiary/aromatic N) is 2. The van der Waals surface area contributed by atoms with E-state index in [4.69, 9.17) is 5.73 Å². The maximum Gasteiger partial charge on any atom is 0.251 e. The van der Waals surface area contributed by atoms with Crippen LogP contribution in [0.25, 0.3) is 11.3 Å². The molecule has 0 aromatic carbocycles. The summed E-state index contributed by atoms with van der Waals surface area (Å²) in [5, 5.41) is 3.44. The van der Waals surface area contributed by atoms with Crippen molar-refractivity contribution in [2.24, 2.45) is 11.7 Å². The molecular weight excluding hydrogens is 292 g/mol. The summed E-state index contributed by atoms with van der Waals surface area (Å²) in [5.74, 6) is 0.409. The lowest BCUT2D eigenvalue weighted by Crippen LogP contribution is -2.44. The molecule has 6 heteroatoms. The predicted octanol–water partition coefficient (Wildman–Crippen LogP) is 0.716. The van der Waals surface area contributed by atoms with Crippen molar-refractivity contribution in [1.29, 1.82) is 0 Å². The zero-order valence-corrected chi connectivity index (χ0v) is 12.7. The molecule has 4 heterocycles. The molecule has 1 saturated heterocycles. The van der Waals surface area contributed by atoms with Crippen LogP contribution in [-0.4, -0.2) is 28.5 Å². The molecule has 1 amide bonds. The van der Waals surface area contributed by atoms with Crippen LogP contribution in [0.2, 0.25) is 0 Å². The van der Waals surface area contributed by atoms with Gasteiger partial charge in [0, 0.05) is 42.5 Å². The number of hydrogen-bond donors (Lipinski definition) is 2. The Bertz CT molecular complexity index is 825. The second kappa shape index (κ2) is 5.31. The highest BCUT2D eigenvalue weighted by Crippen LogP contribution is 2.33. The quantitative estimate of drug-likeness (QED) is 0.855. The highest BCUT2D eigenvalue weighted by molar-refractivity contribution is 5.92. The summed E-state index contributed by atoms with van der Waals surface area (Å²) in [7, 11) is 0. The van der Waals surface area contributed by atoms with Gasteiger partial charge in [-0.15, -0.1) is 0 Å². The van der Waals surface area contributed by atoms with Crippen LogP contribution < -0.4 is 16.6 Å². The van der Waals surface area contributed by atoms with Gasteiger partial charge in [-0.05, 0) is 37.1 Å². The fourth-order valence-electron chi connectivity index (χ4n) is 3.66. The van der Waals surface area contributed by atoms with Crippen molar-refractivity contribution in [3.05, 3.63) is 52.1 Å². The van der Waals surface area contributed by atoms with Crippen molar-refractivity contribution in [1.82, 2.24) is 14.9 Å². The van der Waals surface area contributed by atoms with Gasteiger partial charge in [0.15, 0.2) is 0 Å². The normalized spacial score (nSPS) is 22.4. The van der Waals surface area contributed by atoms with E-state index in [0.717, 1.165) is 37.3 Å². The first-order valence-electron chi connectivity index (χ1n) is 7.83. The molecule has 0 unspecified atom stereocenters. The largest absolute Gasteiger partial charge is 0.366 e. The van der Waals surface area contributed by atoms with E-state index in [2.05, 4.69) is 16.4 Å². The van der Waals surface area contributed by atoms with E-state index in [1.165, 1.54) is 6.20 Å². The molecule has 2 aromatic rings. The molecule has 2 aromatic heterocycles. The number of pyridine rings is 2. The number of aromatic nitrogens is 2. The summed E-state index contributed by atoms with van der Waals surface area (Å²) in [6.07, 6.45) is 2.58. The smallest absolute Gasteiger partial charge is 0.251 e. The van der Waals surface area contributed by atoms with Gasteiger partial charge in [0.25, 0.3) is 5.56 Å². The Kier molecular flexibility index (Phi) is 3.27. The van der Waals surface area contributed by atoms with Crippen molar-refractivity contribution < 1.29 is 4.79 Å². The molecular formula is C17H18N4O2. The summed E-state index contributed by atoms with van der Waals surface area (Å²) in [4.78, 5) is 27.9. The number of primary amides is 1. The number of fused-ring (bicyclic) bond motifs is 4. The van der Waals surface area contributed by atoms with Crippen LogP contribution in [0.15, 0.2) is 35.3 Å². The molecule has 4 rings (SSSR count). The first kappa shape index (κ1) is 14.1. The lowest BCUT2D eigenvalue weighted by Gasteiger charge is -2.37. The van der Waals surface area contributed by atoms with E-state index in [9.17, 15) is 9.59 Å². The third-order valence-corrected chi connectivity index (χ3v) is 4.80. The Balaban J connectivity index is 1.77. The topological polar surface area (TPSA) is 90.0 Å². The molecule has 0 radical (unpaired) electrons. The first-order chi connectivity index (χ1) is 11.1. The minimum Gasteiger partial charge on any atom is -0.366 e. The van der Waals surface area contributed by atoms with Crippen LogP contribution in [0.5, 0.6) is 0 Å². The summed E-state index contributed by atoms with van der Waals surface area (Å²) in [6, 6.07) is 7.06. The molecule has 0 saturated carbocycles. The van der Waals surface area contributed by atoms with Gasteiger partial charge in [-0.1, -0.05) is 0 Å². The second-order valence-electron chi connectivity index (χ2n) is 6.37. The van der Waals surface area contributed by atoms with Gasteiger partial charge in [0.1, 0.15) is 0 Å². The molecule has 2 aliphatic rings. The average Bonchev–Trinajstić information content (AvgIpc) is 2.56. The number of nitrogens with two attached hydrogens (primary N) is 1. The molecule has 3 N–H and O–H groups in total. The molecule has 118 valence electrons. The lowest BCUT2D eigenvalue weighted by atomic mass is 9.83. The van der Waals surface area contributed by atoms with Crippen molar-refractivity contribution in [3.63, 3.8) is 0 Å². The Hall–Kier alpha value is -2.47. The van der Waals surface area contributed by atoms with Gasteiger partial charge in [-0.2, -0.15) is 0 Å². The molecule has 2 atom stereocenters. The number of carbonyl (C=O) groups is 1. The van der Waals surface area contributed by atoms with Crippen molar-refractivity contribution in [2.75, 3.05) is 13.1 Å². The maximum absolute atomic E-state index is 12.5. The predicted molar refractivity (Wildman–Crippen MR) is 86.2 cm³/mol. The van der Waals surface area contributed by atoms with Gasteiger partial charge in [-0.25, -0.2) is 0 Å². The lowest BCUT2D eigenvalue weighted by molar-refractivity contribution is 0.1000. The SMILES string of the molecule is NC(=O)c1ccc(-c2cc3n(c(=O)c2)C[C@@H]2CNC[C@H]3C2)nc1. The highest BCUT2D eigenvalue weighted by Gasteiger charge is 2.31. The third kappa shape index (κ3) is 2.45. The monoisotopic (exact) mass is 310 g/mol. The van der Waals surface area contributed by atoms with Crippen molar-refractivity contribution in [3.8, 4) is 11.3 Å². The number of hydrogen-bond acceptors (Lipinski definition) is 4. The van der Waals surface area contributed by atoms with E-state index in [0.29, 0.717) is 23.1 Å². The zero-order chi connectivity index (χ0) is 16.0. The number of amides is 1. The van der Waals surface area contributed by atoms with Gasteiger partial charge in [0.2, 0.25) is 5.91 Å². The van der Waals surface area contributed by atoms with E-state index in [-0.39, 0.29) is 5.56 Å². The molecule has 0 spiro atoms. The molecule has 0 aliphatic carbocycles. The average molecular weight is 310 g/mol. The van der Waals surface area contributed by atoms with Crippen molar-refractivity contribution >= 4 is 5.91 Å². The number of carbonyl (C=O) groups excluding carboxylic acids is 1. The Labute approximate surface area is 133 Å². The van der Waals surface area contributed by atoms with Gasteiger partial charge >= 0.3 is 0 Å². The van der Waals surface area contributed by atoms with Crippen LogP contribution in [0.3, 0.4) is 0 Å². The van der Waals surface area contributed by atoms with Gasteiger partial charge in [0.05, 0.1) is 11.3 Å². The van der Waals surface area contributed by atoms with E-state index < -0.39 is 5.91 Å². The number of piperidine rings is 1. The van der Waals surface area contributed by atoms with Crippen LogP contribution in [0.1, 0.15) is 28.4 Å².